The summed E-state index contributed by atoms with van der Waals surface area (Å²) < 4.78 is 0. The van der Waals surface area contributed by atoms with Crippen molar-refractivity contribution in [2.75, 3.05) is 13.6 Å². The quantitative estimate of drug-likeness (QED) is 0.209. The number of hydrogen-bond donors (Lipinski definition) is 4. The van der Waals surface area contributed by atoms with Gasteiger partial charge in [-0.2, -0.15) is 0 Å². The highest BCUT2D eigenvalue weighted by atomic mass is 35.5. The van der Waals surface area contributed by atoms with Crippen LogP contribution in [0.2, 0.25) is 5.02 Å². The molecule has 0 bridgehead atoms. The number of aromatic nitrogens is 2. The molecule has 3 atom stereocenters. The number of carbonyl (C=O) groups is 3. The highest BCUT2D eigenvalue weighted by Crippen LogP contribution is 2.24. The summed E-state index contributed by atoms with van der Waals surface area (Å²) in [6.45, 7) is 0.125. The Hall–Kier alpha value is -4.93. The van der Waals surface area contributed by atoms with Gasteiger partial charge in [0, 0.05) is 72.1 Å². The van der Waals surface area contributed by atoms with Crippen LogP contribution in [0.5, 0.6) is 0 Å². The zero-order chi connectivity index (χ0) is 31.7. The summed E-state index contributed by atoms with van der Waals surface area (Å²) in [5.74, 6) is -1.51. The van der Waals surface area contributed by atoms with Crippen molar-refractivity contribution >= 4 is 51.1 Å². The van der Waals surface area contributed by atoms with E-state index in [-0.39, 0.29) is 43.0 Å². The van der Waals surface area contributed by atoms with Crippen molar-refractivity contribution < 1.29 is 19.5 Å². The largest absolute Gasteiger partial charge is 0.391 e. The number of amides is 3. The minimum Gasteiger partial charge on any atom is -0.391 e. The summed E-state index contributed by atoms with van der Waals surface area (Å²) in [5, 5.41) is 15.3. The monoisotopic (exact) mass is 625 g/mol. The Labute approximate surface area is 263 Å². The molecule has 0 spiro atoms. The van der Waals surface area contributed by atoms with Crippen LogP contribution in [0.4, 0.5) is 0 Å². The van der Waals surface area contributed by atoms with Crippen molar-refractivity contribution in [2.24, 2.45) is 0 Å². The molecule has 45 heavy (non-hydrogen) atoms. The summed E-state index contributed by atoms with van der Waals surface area (Å²) in [4.78, 5) is 63.1. The Bertz CT molecular complexity index is 1970. The maximum Gasteiger partial charge on any atom is 0.271 e. The molecule has 1 saturated heterocycles. The van der Waals surface area contributed by atoms with Crippen LogP contribution >= 0.6 is 11.6 Å². The predicted octanol–water partition coefficient (Wildman–Crippen LogP) is 3.62. The normalized spacial score (nSPS) is 17.0. The van der Waals surface area contributed by atoms with E-state index < -0.39 is 30.0 Å². The Morgan fingerprint density at radius 3 is 2.47 bits per heavy atom. The molecule has 1 aliphatic rings. The number of nitrogens with zero attached hydrogens (tertiary/aromatic N) is 2. The third-order valence-corrected chi connectivity index (χ3v) is 8.63. The van der Waals surface area contributed by atoms with Gasteiger partial charge in [-0.15, -0.1) is 0 Å². The van der Waals surface area contributed by atoms with Crippen LogP contribution < -0.4 is 10.7 Å². The fourth-order valence-corrected chi connectivity index (χ4v) is 6.16. The van der Waals surface area contributed by atoms with Crippen molar-refractivity contribution in [1.82, 2.24) is 25.1 Å². The lowest BCUT2D eigenvalue weighted by atomic mass is 10.0. The molecule has 1 aliphatic heterocycles. The minimum absolute atomic E-state index is 0.0106. The zero-order valence-corrected chi connectivity index (χ0v) is 25.3. The van der Waals surface area contributed by atoms with E-state index in [0.717, 1.165) is 22.0 Å². The van der Waals surface area contributed by atoms with Gasteiger partial charge in [-0.3, -0.25) is 19.2 Å². The van der Waals surface area contributed by atoms with Gasteiger partial charge in [-0.1, -0.05) is 60.1 Å². The van der Waals surface area contributed by atoms with Crippen molar-refractivity contribution in [1.29, 1.82) is 0 Å². The number of pyridine rings is 1. The van der Waals surface area contributed by atoms with Crippen molar-refractivity contribution in [2.45, 2.75) is 37.6 Å². The number of aromatic amines is 2. The average molecular weight is 626 g/mol. The molecule has 3 heterocycles. The smallest absolute Gasteiger partial charge is 0.271 e. The number of carbonyl (C=O) groups excluding carboxylic acids is 3. The number of aliphatic hydroxyl groups excluding tert-OH is 1. The number of β-amino-alcohol motifs (C(OH)–C–C–N with tert-alkyl or cyclic N) is 1. The summed E-state index contributed by atoms with van der Waals surface area (Å²) in [6, 6.07) is 20.9. The van der Waals surface area contributed by atoms with Gasteiger partial charge in [-0.25, -0.2) is 0 Å². The highest BCUT2D eigenvalue weighted by Gasteiger charge is 2.41. The van der Waals surface area contributed by atoms with E-state index in [1.165, 1.54) is 15.9 Å². The van der Waals surface area contributed by atoms with E-state index in [2.05, 4.69) is 15.3 Å². The van der Waals surface area contributed by atoms with Gasteiger partial charge < -0.3 is 30.2 Å². The van der Waals surface area contributed by atoms with Gasteiger partial charge in [0.1, 0.15) is 17.8 Å². The number of fused-ring (bicyclic) bond motifs is 2. The zero-order valence-electron chi connectivity index (χ0n) is 24.5. The number of nitrogens with one attached hydrogen (secondary N) is 3. The standard InChI is InChI=1S/C34H32ClN5O5/c1-39(18-20-8-2-5-11-25(20)35)33(44)28(14-21-17-36-26-12-6-3-9-23(21)26)38-32(43)30-15-22(41)19-40(30)34(45)29-16-31(42)24-10-4-7-13-27(24)37-29/h2-13,16-17,22,28,30,36,41H,14-15,18-19H2,1H3,(H,37,42)(H,38,43)/t22-,28?,30?/m1/s1. The molecule has 2 unspecified atom stereocenters. The number of likely N-dealkylation sites (N-methyl/N-ethyl adjacent to an activating group) is 1. The molecule has 0 aliphatic carbocycles. The molecular formula is C34H32ClN5O5. The molecule has 11 heteroatoms. The average Bonchev–Trinajstić information content (AvgIpc) is 3.64. The lowest BCUT2D eigenvalue weighted by Gasteiger charge is -2.28. The molecule has 4 N–H and O–H groups in total. The van der Waals surface area contributed by atoms with Gasteiger partial charge in [-0.05, 0) is 35.4 Å². The summed E-state index contributed by atoms with van der Waals surface area (Å²) in [7, 11) is 1.64. The van der Waals surface area contributed by atoms with Crippen molar-refractivity contribution in [3.63, 3.8) is 0 Å². The minimum atomic E-state index is -1.06. The Balaban J connectivity index is 1.27. The molecule has 3 aromatic carbocycles. The molecule has 3 amide bonds. The third-order valence-electron chi connectivity index (χ3n) is 8.27. The molecule has 230 valence electrons. The van der Waals surface area contributed by atoms with Crippen LogP contribution in [0.1, 0.15) is 28.0 Å². The van der Waals surface area contributed by atoms with E-state index >= 15 is 0 Å². The third kappa shape index (κ3) is 6.20. The number of H-pyrrole nitrogens is 2. The predicted molar refractivity (Wildman–Crippen MR) is 172 cm³/mol. The molecule has 2 aromatic heterocycles. The van der Waals surface area contributed by atoms with Gasteiger partial charge >= 0.3 is 0 Å². The summed E-state index contributed by atoms with van der Waals surface area (Å²) >= 11 is 6.36. The Morgan fingerprint density at radius 2 is 1.69 bits per heavy atom. The van der Waals surface area contributed by atoms with Gasteiger partial charge in [0.25, 0.3) is 5.91 Å². The lowest BCUT2D eigenvalue weighted by Crippen LogP contribution is -2.54. The van der Waals surface area contributed by atoms with Crippen molar-refractivity contribution in [3.05, 3.63) is 117 Å². The van der Waals surface area contributed by atoms with Gasteiger partial charge in [0.05, 0.1) is 6.10 Å². The number of halogens is 1. The van der Waals surface area contributed by atoms with Crippen LogP contribution in [0, 0.1) is 0 Å². The van der Waals surface area contributed by atoms with Crippen LogP contribution in [0.25, 0.3) is 21.8 Å². The van der Waals surface area contributed by atoms with Crippen LogP contribution in [-0.2, 0) is 22.6 Å². The number of benzene rings is 3. The molecule has 1 fully saturated rings. The first-order valence-corrected chi connectivity index (χ1v) is 15.0. The van der Waals surface area contributed by atoms with Crippen molar-refractivity contribution in [3.8, 4) is 0 Å². The number of aliphatic hydroxyl groups is 1. The van der Waals surface area contributed by atoms with Crippen LogP contribution in [0.3, 0.4) is 0 Å². The highest BCUT2D eigenvalue weighted by molar-refractivity contribution is 6.31. The lowest BCUT2D eigenvalue weighted by molar-refractivity contribution is -0.136. The number of likely N-dealkylation sites (tertiary alicyclic amines) is 1. The van der Waals surface area contributed by atoms with E-state index in [4.69, 9.17) is 11.6 Å². The molecule has 0 saturated carbocycles. The second-order valence-electron chi connectivity index (χ2n) is 11.4. The number of hydrogen-bond acceptors (Lipinski definition) is 5. The first-order chi connectivity index (χ1) is 21.7. The Kier molecular flexibility index (Phi) is 8.42. The molecule has 10 nitrogen and oxygen atoms in total. The second-order valence-corrected chi connectivity index (χ2v) is 11.8. The fraction of sp³-hybridized carbons (Fsp3) is 0.235. The van der Waals surface area contributed by atoms with E-state index in [9.17, 15) is 24.3 Å². The van der Waals surface area contributed by atoms with E-state index in [0.29, 0.717) is 15.9 Å². The van der Waals surface area contributed by atoms with Crippen LogP contribution in [-0.4, -0.2) is 74.4 Å². The topological polar surface area (TPSA) is 139 Å². The van der Waals surface area contributed by atoms with E-state index in [1.54, 1.807) is 37.4 Å². The van der Waals surface area contributed by atoms with E-state index in [1.807, 2.05) is 48.7 Å². The Morgan fingerprint density at radius 1 is 1.00 bits per heavy atom. The van der Waals surface area contributed by atoms with Gasteiger partial charge in [0.15, 0.2) is 5.43 Å². The summed E-state index contributed by atoms with van der Waals surface area (Å²) in [6.07, 6.45) is 1.03. The van der Waals surface area contributed by atoms with Gasteiger partial charge in [0.2, 0.25) is 11.8 Å². The first kappa shape index (κ1) is 30.1. The number of para-hydroxylation sites is 2. The second kappa shape index (κ2) is 12.6. The fourth-order valence-electron chi connectivity index (χ4n) is 5.97. The molecule has 0 radical (unpaired) electrons. The first-order valence-electron chi connectivity index (χ1n) is 14.6. The maximum absolute atomic E-state index is 13.9. The van der Waals surface area contributed by atoms with Crippen LogP contribution in [0.15, 0.2) is 89.9 Å². The molecule has 6 rings (SSSR count). The summed E-state index contributed by atoms with van der Waals surface area (Å²) in [5.41, 5.74) is 2.65. The SMILES string of the molecule is CN(Cc1ccccc1Cl)C(=O)C(Cc1c[nH]c2ccccc12)NC(=O)C1C[C@@H](O)CN1C(=O)c1cc(=O)c2ccccc2[nH]1. The molecule has 5 aromatic rings. The number of rotatable bonds is 8. The maximum atomic E-state index is 13.9. The molecular weight excluding hydrogens is 594 g/mol.